The van der Waals surface area contributed by atoms with Crippen LogP contribution in [0.5, 0.6) is 0 Å². The van der Waals surface area contributed by atoms with E-state index in [0.29, 0.717) is 9.99 Å². The van der Waals surface area contributed by atoms with Crippen LogP contribution in [-0.2, 0) is 9.22 Å². The molecular formula is C13H10IN3O4. The molecule has 1 aromatic rings. The van der Waals surface area contributed by atoms with Gasteiger partial charge in [-0.3, -0.25) is 19.7 Å². The number of alkyl halides is 1. The summed E-state index contributed by atoms with van der Waals surface area (Å²) in [5.41, 5.74) is 1.49. The standard InChI is InChI=1S/C13H10IN3O4/c14-6-7-1-2-8-9(5-7)12(20)17(11(8)19)16-4-3-10(18)15-13(16)21/h1-2,5H,3-4,6H2,(H,15,18,21). The van der Waals surface area contributed by atoms with Crippen LogP contribution in [0.3, 0.4) is 0 Å². The summed E-state index contributed by atoms with van der Waals surface area (Å²) in [6.07, 6.45) is 0.0537. The molecule has 1 fully saturated rings. The number of nitrogens with zero attached hydrogens (tertiary/aromatic N) is 2. The van der Waals surface area contributed by atoms with Crippen LogP contribution in [0.2, 0.25) is 0 Å². The molecule has 1 saturated heterocycles. The number of hydrogen-bond acceptors (Lipinski definition) is 4. The van der Waals surface area contributed by atoms with Crippen molar-refractivity contribution in [2.75, 3.05) is 6.54 Å². The van der Waals surface area contributed by atoms with Gasteiger partial charge in [0, 0.05) is 10.8 Å². The number of rotatable bonds is 2. The lowest BCUT2D eigenvalue weighted by Gasteiger charge is -2.32. The van der Waals surface area contributed by atoms with E-state index in [2.05, 4.69) is 27.9 Å². The summed E-state index contributed by atoms with van der Waals surface area (Å²) >= 11 is 2.16. The fourth-order valence-corrected chi connectivity index (χ4v) is 2.80. The van der Waals surface area contributed by atoms with E-state index >= 15 is 0 Å². The monoisotopic (exact) mass is 399 g/mol. The second kappa shape index (κ2) is 5.10. The van der Waals surface area contributed by atoms with Gasteiger partial charge in [-0.2, -0.15) is 5.01 Å². The van der Waals surface area contributed by atoms with Gasteiger partial charge in [0.1, 0.15) is 0 Å². The lowest BCUT2D eigenvalue weighted by atomic mass is 10.1. The van der Waals surface area contributed by atoms with Crippen molar-refractivity contribution in [3.8, 4) is 0 Å². The molecule has 0 unspecified atom stereocenters. The molecule has 7 nitrogen and oxygen atoms in total. The second-order valence-electron chi connectivity index (χ2n) is 4.66. The Labute approximate surface area is 133 Å². The largest absolute Gasteiger partial charge is 0.343 e. The third-order valence-electron chi connectivity index (χ3n) is 3.36. The van der Waals surface area contributed by atoms with Crippen LogP contribution in [0.1, 0.15) is 32.7 Å². The normalized spacial score (nSPS) is 18.1. The summed E-state index contributed by atoms with van der Waals surface area (Å²) in [7, 11) is 0. The van der Waals surface area contributed by atoms with Gasteiger partial charge in [-0.1, -0.05) is 28.7 Å². The van der Waals surface area contributed by atoms with E-state index in [-0.39, 0.29) is 18.5 Å². The molecular weight excluding hydrogens is 389 g/mol. The van der Waals surface area contributed by atoms with Gasteiger partial charge < -0.3 is 0 Å². The Balaban J connectivity index is 1.96. The van der Waals surface area contributed by atoms with E-state index in [1.54, 1.807) is 18.2 Å². The molecule has 2 aliphatic heterocycles. The van der Waals surface area contributed by atoms with Gasteiger partial charge in [-0.05, 0) is 17.7 Å². The topological polar surface area (TPSA) is 86.8 Å². The van der Waals surface area contributed by atoms with Crippen LogP contribution in [-0.4, -0.2) is 40.3 Å². The van der Waals surface area contributed by atoms with Crippen molar-refractivity contribution in [1.29, 1.82) is 0 Å². The molecule has 1 aromatic carbocycles. The summed E-state index contributed by atoms with van der Waals surface area (Å²) < 4.78 is 0.714. The third-order valence-corrected chi connectivity index (χ3v) is 4.24. The van der Waals surface area contributed by atoms with E-state index in [4.69, 9.17) is 0 Å². The molecule has 108 valence electrons. The van der Waals surface area contributed by atoms with Crippen LogP contribution in [0.4, 0.5) is 4.79 Å². The van der Waals surface area contributed by atoms with Gasteiger partial charge >= 0.3 is 6.03 Å². The van der Waals surface area contributed by atoms with E-state index in [1.165, 1.54) is 0 Å². The summed E-state index contributed by atoms with van der Waals surface area (Å²) in [6.45, 7) is 0.00920. The fourth-order valence-electron chi connectivity index (χ4n) is 2.32. The van der Waals surface area contributed by atoms with E-state index in [0.717, 1.165) is 15.6 Å². The number of fused-ring (bicyclic) bond motifs is 1. The van der Waals surface area contributed by atoms with Crippen molar-refractivity contribution in [1.82, 2.24) is 15.3 Å². The predicted octanol–water partition coefficient (Wildman–Crippen LogP) is 1.07. The third kappa shape index (κ3) is 2.19. The highest BCUT2D eigenvalue weighted by atomic mass is 127. The summed E-state index contributed by atoms with van der Waals surface area (Å²) in [4.78, 5) is 47.7. The molecule has 2 heterocycles. The van der Waals surface area contributed by atoms with Gasteiger partial charge in [0.25, 0.3) is 11.8 Å². The minimum atomic E-state index is -0.755. The van der Waals surface area contributed by atoms with Gasteiger partial charge in [0.15, 0.2) is 0 Å². The molecule has 0 aromatic heterocycles. The number of carbonyl (C=O) groups excluding carboxylic acids is 4. The number of hydrazine groups is 1. The van der Waals surface area contributed by atoms with Gasteiger partial charge in [-0.25, -0.2) is 9.80 Å². The van der Waals surface area contributed by atoms with E-state index in [9.17, 15) is 19.2 Å². The maximum absolute atomic E-state index is 12.4. The summed E-state index contributed by atoms with van der Waals surface area (Å²) in [5.74, 6) is -1.49. The van der Waals surface area contributed by atoms with Gasteiger partial charge in [-0.15, -0.1) is 0 Å². The fraction of sp³-hybridized carbons (Fsp3) is 0.231. The van der Waals surface area contributed by atoms with Crippen LogP contribution in [0.25, 0.3) is 0 Å². The average Bonchev–Trinajstić information content (AvgIpc) is 2.71. The zero-order chi connectivity index (χ0) is 15.1. The smallest absolute Gasteiger partial charge is 0.276 e. The molecule has 3 rings (SSSR count). The van der Waals surface area contributed by atoms with Gasteiger partial charge in [0.05, 0.1) is 17.7 Å². The van der Waals surface area contributed by atoms with Crippen molar-refractivity contribution in [3.05, 3.63) is 34.9 Å². The lowest BCUT2D eigenvalue weighted by molar-refractivity contribution is -0.122. The van der Waals surface area contributed by atoms with E-state index in [1.807, 2.05) is 0 Å². The molecule has 0 aliphatic carbocycles. The predicted molar refractivity (Wildman–Crippen MR) is 79.5 cm³/mol. The quantitative estimate of drug-likeness (QED) is 0.458. The maximum Gasteiger partial charge on any atom is 0.343 e. The van der Waals surface area contributed by atoms with E-state index < -0.39 is 23.8 Å². The first-order valence-electron chi connectivity index (χ1n) is 6.22. The molecule has 0 spiro atoms. The highest BCUT2D eigenvalue weighted by Gasteiger charge is 2.43. The number of imide groups is 2. The Bertz CT molecular complexity index is 688. The molecule has 5 amide bonds. The van der Waals surface area contributed by atoms with Crippen LogP contribution in [0, 0.1) is 0 Å². The van der Waals surface area contributed by atoms with Crippen molar-refractivity contribution in [3.63, 3.8) is 0 Å². The summed E-state index contributed by atoms with van der Waals surface area (Å²) in [6, 6.07) is 4.28. The molecule has 0 radical (unpaired) electrons. The Morgan fingerprint density at radius 3 is 2.48 bits per heavy atom. The Kier molecular flexibility index (Phi) is 3.40. The van der Waals surface area contributed by atoms with Crippen molar-refractivity contribution >= 4 is 46.3 Å². The van der Waals surface area contributed by atoms with Crippen molar-refractivity contribution < 1.29 is 19.2 Å². The Morgan fingerprint density at radius 2 is 1.81 bits per heavy atom. The second-order valence-corrected chi connectivity index (χ2v) is 5.42. The minimum absolute atomic E-state index is 0.00920. The number of hydrogen-bond donors (Lipinski definition) is 1. The summed E-state index contributed by atoms with van der Waals surface area (Å²) in [5, 5.41) is 3.89. The number of halogens is 1. The Hall–Kier alpha value is -1.97. The van der Waals surface area contributed by atoms with Gasteiger partial charge in [0.2, 0.25) is 5.91 Å². The van der Waals surface area contributed by atoms with Crippen LogP contribution < -0.4 is 5.32 Å². The minimum Gasteiger partial charge on any atom is -0.276 e. The molecule has 0 saturated carbocycles. The number of amides is 5. The number of nitrogens with one attached hydrogen (secondary N) is 1. The van der Waals surface area contributed by atoms with Crippen molar-refractivity contribution in [2.24, 2.45) is 0 Å². The molecule has 8 heteroatoms. The molecule has 0 atom stereocenters. The lowest BCUT2D eigenvalue weighted by Crippen LogP contribution is -2.58. The molecule has 21 heavy (non-hydrogen) atoms. The zero-order valence-corrected chi connectivity index (χ0v) is 12.9. The number of carbonyl (C=O) groups is 4. The first kappa shape index (κ1) is 14.0. The molecule has 0 bridgehead atoms. The van der Waals surface area contributed by atoms with Crippen LogP contribution in [0.15, 0.2) is 18.2 Å². The van der Waals surface area contributed by atoms with Crippen LogP contribution >= 0.6 is 22.6 Å². The highest BCUT2D eigenvalue weighted by Crippen LogP contribution is 2.27. The molecule has 1 N–H and O–H groups in total. The first-order valence-corrected chi connectivity index (χ1v) is 7.74. The zero-order valence-electron chi connectivity index (χ0n) is 10.8. The van der Waals surface area contributed by atoms with Crippen molar-refractivity contribution in [2.45, 2.75) is 10.8 Å². The molecule has 2 aliphatic rings. The highest BCUT2D eigenvalue weighted by molar-refractivity contribution is 14.1. The Morgan fingerprint density at radius 1 is 1.10 bits per heavy atom. The maximum atomic E-state index is 12.4. The number of urea groups is 1. The number of benzene rings is 1. The average molecular weight is 399 g/mol. The first-order chi connectivity index (χ1) is 10.0. The SMILES string of the molecule is O=C1CCN(N2C(=O)c3ccc(CI)cc3C2=O)C(=O)N1.